The summed E-state index contributed by atoms with van der Waals surface area (Å²) in [6.45, 7) is 7.34. The number of nitrogens with one attached hydrogen (secondary N) is 1. The van der Waals surface area contributed by atoms with Crippen molar-refractivity contribution in [2.45, 2.75) is 33.4 Å². The lowest BCUT2D eigenvalue weighted by atomic mass is 10.1. The summed E-state index contributed by atoms with van der Waals surface area (Å²) in [4.78, 5) is 0. The van der Waals surface area contributed by atoms with E-state index in [1.165, 1.54) is 22.5 Å². The highest BCUT2D eigenvalue weighted by Crippen LogP contribution is 2.25. The number of hydrogen-bond acceptors (Lipinski definition) is 2. The third-order valence-corrected chi connectivity index (χ3v) is 4.08. The van der Waals surface area contributed by atoms with Gasteiger partial charge in [0, 0.05) is 36.6 Å². The van der Waals surface area contributed by atoms with Gasteiger partial charge >= 0.3 is 0 Å². The first-order valence-electron chi connectivity index (χ1n) is 7.02. The number of benzene rings is 1. The molecule has 1 heterocycles. The molecule has 1 atom stereocenters. The van der Waals surface area contributed by atoms with Gasteiger partial charge in [-0.3, -0.25) is 0 Å². The quantitative estimate of drug-likeness (QED) is 0.901. The van der Waals surface area contributed by atoms with Crippen molar-refractivity contribution < 1.29 is 4.74 Å². The fourth-order valence-electron chi connectivity index (χ4n) is 2.51. The van der Waals surface area contributed by atoms with Gasteiger partial charge in [-0.1, -0.05) is 18.2 Å². The fraction of sp³-hybridized carbons (Fsp3) is 0.412. The SMILES string of the molecule is COc1ccccc1[C@H](C)NCc1cc(C)n(C)c1C. The van der Waals surface area contributed by atoms with Gasteiger partial charge in [0.05, 0.1) is 7.11 Å². The largest absolute Gasteiger partial charge is 0.496 e. The molecule has 0 aliphatic heterocycles. The van der Waals surface area contributed by atoms with E-state index in [1.54, 1.807) is 7.11 Å². The number of para-hydroxylation sites is 1. The molecular formula is C17H24N2O. The van der Waals surface area contributed by atoms with Gasteiger partial charge in [-0.05, 0) is 38.5 Å². The molecule has 2 aromatic rings. The molecule has 0 spiro atoms. The molecule has 2 rings (SSSR count). The van der Waals surface area contributed by atoms with E-state index >= 15 is 0 Å². The first kappa shape index (κ1) is 14.7. The Hall–Kier alpha value is -1.74. The highest BCUT2D eigenvalue weighted by atomic mass is 16.5. The molecule has 1 aromatic heterocycles. The maximum Gasteiger partial charge on any atom is 0.123 e. The summed E-state index contributed by atoms with van der Waals surface area (Å²) < 4.78 is 7.65. The standard InChI is InChI=1S/C17H24N2O/c1-12-10-15(14(3)19(12)4)11-18-13(2)16-8-6-7-9-17(16)20-5/h6-10,13,18H,11H2,1-5H3/t13-/m0/s1. The van der Waals surface area contributed by atoms with Gasteiger partial charge < -0.3 is 14.6 Å². The molecule has 0 aliphatic rings. The molecule has 3 heteroatoms. The van der Waals surface area contributed by atoms with E-state index in [2.05, 4.69) is 49.8 Å². The van der Waals surface area contributed by atoms with Crippen molar-refractivity contribution >= 4 is 0 Å². The van der Waals surface area contributed by atoms with E-state index in [9.17, 15) is 0 Å². The minimum Gasteiger partial charge on any atom is -0.496 e. The number of aromatic nitrogens is 1. The average molecular weight is 272 g/mol. The van der Waals surface area contributed by atoms with Crippen molar-refractivity contribution in [1.29, 1.82) is 0 Å². The average Bonchev–Trinajstić information content (AvgIpc) is 2.72. The summed E-state index contributed by atoms with van der Waals surface area (Å²) in [5, 5.41) is 3.58. The second-order valence-corrected chi connectivity index (χ2v) is 5.30. The predicted octanol–water partition coefficient (Wildman–Crippen LogP) is 3.50. The molecule has 0 fully saturated rings. The van der Waals surface area contributed by atoms with Crippen LogP contribution < -0.4 is 10.1 Å². The Morgan fingerprint density at radius 3 is 2.55 bits per heavy atom. The van der Waals surface area contributed by atoms with E-state index in [0.717, 1.165) is 12.3 Å². The van der Waals surface area contributed by atoms with E-state index in [1.807, 2.05) is 18.2 Å². The van der Waals surface area contributed by atoms with Gasteiger partial charge in [0.2, 0.25) is 0 Å². The Kier molecular flexibility index (Phi) is 4.50. The number of hydrogen-bond donors (Lipinski definition) is 1. The van der Waals surface area contributed by atoms with Crippen molar-refractivity contribution in [3.05, 3.63) is 52.8 Å². The summed E-state index contributed by atoms with van der Waals surface area (Å²) in [7, 11) is 3.83. The topological polar surface area (TPSA) is 26.2 Å². The van der Waals surface area contributed by atoms with Gasteiger partial charge in [0.1, 0.15) is 5.75 Å². The lowest BCUT2D eigenvalue weighted by molar-refractivity contribution is 0.401. The number of aryl methyl sites for hydroxylation is 1. The molecule has 1 aromatic carbocycles. The second kappa shape index (κ2) is 6.14. The van der Waals surface area contributed by atoms with Crippen LogP contribution in [0.5, 0.6) is 5.75 Å². The van der Waals surface area contributed by atoms with Crippen LogP contribution in [-0.2, 0) is 13.6 Å². The molecule has 0 saturated heterocycles. The Bertz CT molecular complexity index is 587. The van der Waals surface area contributed by atoms with Crippen LogP contribution in [0.25, 0.3) is 0 Å². The third-order valence-electron chi connectivity index (χ3n) is 4.08. The lowest BCUT2D eigenvalue weighted by Crippen LogP contribution is -2.19. The number of ether oxygens (including phenoxy) is 1. The van der Waals surface area contributed by atoms with Crippen LogP contribution >= 0.6 is 0 Å². The van der Waals surface area contributed by atoms with Crippen LogP contribution in [-0.4, -0.2) is 11.7 Å². The Morgan fingerprint density at radius 1 is 1.25 bits per heavy atom. The highest BCUT2D eigenvalue weighted by Gasteiger charge is 2.12. The van der Waals surface area contributed by atoms with E-state index in [0.29, 0.717) is 0 Å². The van der Waals surface area contributed by atoms with Crippen molar-refractivity contribution in [1.82, 2.24) is 9.88 Å². The molecule has 1 N–H and O–H groups in total. The van der Waals surface area contributed by atoms with Crippen LogP contribution in [0.3, 0.4) is 0 Å². The van der Waals surface area contributed by atoms with Crippen LogP contribution in [0, 0.1) is 13.8 Å². The molecule has 0 bridgehead atoms. The first-order chi connectivity index (χ1) is 9.54. The van der Waals surface area contributed by atoms with Gasteiger partial charge in [0.15, 0.2) is 0 Å². The number of rotatable bonds is 5. The molecule has 0 aliphatic carbocycles. The molecule has 0 amide bonds. The third kappa shape index (κ3) is 2.88. The predicted molar refractivity (Wildman–Crippen MR) is 83.1 cm³/mol. The zero-order valence-corrected chi connectivity index (χ0v) is 13.0. The summed E-state index contributed by atoms with van der Waals surface area (Å²) in [6, 6.07) is 10.7. The molecule has 0 radical (unpaired) electrons. The summed E-state index contributed by atoms with van der Waals surface area (Å²) >= 11 is 0. The van der Waals surface area contributed by atoms with Crippen LogP contribution in [0.15, 0.2) is 30.3 Å². The highest BCUT2D eigenvalue weighted by molar-refractivity contribution is 5.35. The van der Waals surface area contributed by atoms with Crippen molar-refractivity contribution in [3.63, 3.8) is 0 Å². The molecule has 20 heavy (non-hydrogen) atoms. The van der Waals surface area contributed by atoms with E-state index in [4.69, 9.17) is 4.74 Å². The van der Waals surface area contributed by atoms with Crippen LogP contribution in [0.2, 0.25) is 0 Å². The minimum atomic E-state index is 0.256. The fourth-order valence-corrected chi connectivity index (χ4v) is 2.51. The molecule has 0 unspecified atom stereocenters. The summed E-state index contributed by atoms with van der Waals surface area (Å²) in [5.41, 5.74) is 5.17. The Morgan fingerprint density at radius 2 is 1.95 bits per heavy atom. The second-order valence-electron chi connectivity index (χ2n) is 5.30. The molecular weight excluding hydrogens is 248 g/mol. The Balaban J connectivity index is 2.08. The van der Waals surface area contributed by atoms with Crippen LogP contribution in [0.1, 0.15) is 35.5 Å². The van der Waals surface area contributed by atoms with Gasteiger partial charge in [0.25, 0.3) is 0 Å². The summed E-state index contributed by atoms with van der Waals surface area (Å²) in [6.07, 6.45) is 0. The van der Waals surface area contributed by atoms with E-state index < -0.39 is 0 Å². The number of nitrogens with zero attached hydrogens (tertiary/aromatic N) is 1. The van der Waals surface area contributed by atoms with Gasteiger partial charge in [-0.2, -0.15) is 0 Å². The molecule has 0 saturated carbocycles. The smallest absolute Gasteiger partial charge is 0.123 e. The number of methoxy groups -OCH3 is 1. The van der Waals surface area contributed by atoms with Crippen molar-refractivity contribution in [3.8, 4) is 5.75 Å². The first-order valence-corrected chi connectivity index (χ1v) is 7.02. The van der Waals surface area contributed by atoms with E-state index in [-0.39, 0.29) is 6.04 Å². The summed E-state index contributed by atoms with van der Waals surface area (Å²) in [5.74, 6) is 0.938. The minimum absolute atomic E-state index is 0.256. The maximum absolute atomic E-state index is 5.42. The zero-order chi connectivity index (χ0) is 14.7. The maximum atomic E-state index is 5.42. The normalized spacial score (nSPS) is 12.4. The zero-order valence-electron chi connectivity index (χ0n) is 13.0. The lowest BCUT2D eigenvalue weighted by Gasteiger charge is -2.17. The van der Waals surface area contributed by atoms with Gasteiger partial charge in [-0.15, -0.1) is 0 Å². The monoisotopic (exact) mass is 272 g/mol. The van der Waals surface area contributed by atoms with Crippen molar-refractivity contribution in [2.75, 3.05) is 7.11 Å². The van der Waals surface area contributed by atoms with Gasteiger partial charge in [-0.25, -0.2) is 0 Å². The van der Waals surface area contributed by atoms with Crippen molar-refractivity contribution in [2.24, 2.45) is 7.05 Å². The van der Waals surface area contributed by atoms with Crippen LogP contribution in [0.4, 0.5) is 0 Å². The molecule has 108 valence electrons. The Labute approximate surface area is 121 Å². The molecule has 3 nitrogen and oxygen atoms in total.